The van der Waals surface area contributed by atoms with Gasteiger partial charge in [0.15, 0.2) is 0 Å². The van der Waals surface area contributed by atoms with Gasteiger partial charge in [-0.3, -0.25) is 0 Å². The lowest BCUT2D eigenvalue weighted by Crippen LogP contribution is -2.56. The van der Waals surface area contributed by atoms with Crippen LogP contribution in [0.1, 0.15) is 18.9 Å². The van der Waals surface area contributed by atoms with E-state index in [-0.39, 0.29) is 12.0 Å². The topological polar surface area (TPSA) is 48.0 Å². The number of fused-ring (bicyclic) bond motifs is 1. The highest BCUT2D eigenvalue weighted by atomic mass is 35.5. The molecule has 2 N–H and O–H groups in total. The van der Waals surface area contributed by atoms with Crippen LogP contribution in [-0.4, -0.2) is 47.3 Å². The zero-order valence-corrected chi connectivity index (χ0v) is 20.9. The van der Waals surface area contributed by atoms with Gasteiger partial charge in [-0.25, -0.2) is 0 Å². The molecule has 0 saturated carbocycles. The number of likely N-dealkylation sites (tertiary alicyclic amines) is 1. The summed E-state index contributed by atoms with van der Waals surface area (Å²) in [6, 6.07) is 22.7. The van der Waals surface area contributed by atoms with Gasteiger partial charge in [0.1, 0.15) is 5.75 Å². The van der Waals surface area contributed by atoms with Crippen LogP contribution in [-0.2, 0) is 6.54 Å². The Morgan fingerprint density at radius 3 is 2.74 bits per heavy atom. The number of aliphatic hydroxyl groups excluding tert-OH is 1. The van der Waals surface area contributed by atoms with Crippen LogP contribution < -0.4 is 10.2 Å². The molecule has 0 amide bonds. The Morgan fingerprint density at radius 2 is 1.91 bits per heavy atom. The Balaban J connectivity index is 1.19. The second-order valence-corrected chi connectivity index (χ2v) is 10.9. The molecule has 3 aromatic carbocycles. The molecule has 2 aliphatic heterocycles. The van der Waals surface area contributed by atoms with Crippen molar-refractivity contribution in [3.63, 3.8) is 0 Å². The Labute approximate surface area is 210 Å². The molecule has 178 valence electrons. The highest BCUT2D eigenvalue weighted by molar-refractivity contribution is 7.97. The van der Waals surface area contributed by atoms with Crippen LogP contribution in [0.15, 0.2) is 71.6 Å². The first-order valence-corrected chi connectivity index (χ1v) is 12.8. The minimum absolute atomic E-state index is 0.0688. The zero-order chi connectivity index (χ0) is 23.5. The number of halogens is 1. The standard InChI is InChI=1S/C27H30ClN3O2S/c1-27(19-32)17-30(18-27)13-6-14-33-24-11-5-10-23(26(24)28)20-8-4-9-22(15-20)29-31-16-21-7-2-3-12-25(21)34-31/h2-5,7-12,15,29,32H,6,13-14,16-19H2,1H3. The fraction of sp³-hybridized carbons (Fsp3) is 0.333. The third-order valence-electron chi connectivity index (χ3n) is 6.35. The molecule has 0 aliphatic carbocycles. The molecule has 0 bridgehead atoms. The van der Waals surface area contributed by atoms with Crippen LogP contribution in [0.25, 0.3) is 11.1 Å². The first-order valence-electron chi connectivity index (χ1n) is 11.7. The van der Waals surface area contributed by atoms with Gasteiger partial charge in [-0.2, -0.15) is 4.41 Å². The largest absolute Gasteiger partial charge is 0.492 e. The van der Waals surface area contributed by atoms with E-state index in [1.54, 1.807) is 11.9 Å². The monoisotopic (exact) mass is 495 g/mol. The van der Waals surface area contributed by atoms with E-state index in [1.807, 2.05) is 24.3 Å². The van der Waals surface area contributed by atoms with Gasteiger partial charge in [0.2, 0.25) is 0 Å². The highest BCUT2D eigenvalue weighted by Crippen LogP contribution is 2.38. The van der Waals surface area contributed by atoms with Crippen molar-refractivity contribution in [2.75, 3.05) is 38.3 Å². The third kappa shape index (κ3) is 5.21. The minimum atomic E-state index is 0.0688. The first-order chi connectivity index (χ1) is 16.5. The second-order valence-electron chi connectivity index (χ2n) is 9.43. The van der Waals surface area contributed by atoms with Crippen LogP contribution in [0.4, 0.5) is 5.69 Å². The number of rotatable bonds is 9. The summed E-state index contributed by atoms with van der Waals surface area (Å²) in [7, 11) is 0. The average Bonchev–Trinajstić information content (AvgIpc) is 3.23. The van der Waals surface area contributed by atoms with Gasteiger partial charge in [0.25, 0.3) is 0 Å². The summed E-state index contributed by atoms with van der Waals surface area (Å²) in [6.07, 6.45) is 0.928. The molecule has 1 saturated heterocycles. The van der Waals surface area contributed by atoms with Crippen molar-refractivity contribution in [1.29, 1.82) is 0 Å². The maximum atomic E-state index is 9.39. The highest BCUT2D eigenvalue weighted by Gasteiger charge is 2.37. The summed E-state index contributed by atoms with van der Waals surface area (Å²) in [4.78, 5) is 3.64. The lowest BCUT2D eigenvalue weighted by Gasteiger charge is -2.47. The quantitative estimate of drug-likeness (QED) is 0.283. The van der Waals surface area contributed by atoms with Crippen molar-refractivity contribution in [3.05, 3.63) is 77.3 Å². The minimum Gasteiger partial charge on any atom is -0.492 e. The van der Waals surface area contributed by atoms with E-state index >= 15 is 0 Å². The van der Waals surface area contributed by atoms with E-state index in [0.717, 1.165) is 49.4 Å². The molecule has 34 heavy (non-hydrogen) atoms. The van der Waals surface area contributed by atoms with Gasteiger partial charge in [-0.1, -0.05) is 61.0 Å². The van der Waals surface area contributed by atoms with Gasteiger partial charge < -0.3 is 20.2 Å². The van der Waals surface area contributed by atoms with Crippen LogP contribution in [0.2, 0.25) is 5.02 Å². The third-order valence-corrected chi connectivity index (χ3v) is 7.78. The molecular formula is C27H30ClN3O2S. The van der Waals surface area contributed by atoms with Gasteiger partial charge in [0.05, 0.1) is 30.5 Å². The maximum absolute atomic E-state index is 9.39. The first kappa shape index (κ1) is 23.5. The van der Waals surface area contributed by atoms with Crippen molar-refractivity contribution in [2.45, 2.75) is 24.8 Å². The molecule has 2 heterocycles. The van der Waals surface area contributed by atoms with E-state index in [2.05, 4.69) is 64.1 Å². The fourth-order valence-electron chi connectivity index (χ4n) is 4.60. The molecular weight excluding hydrogens is 466 g/mol. The Bertz CT molecular complexity index is 1130. The predicted molar refractivity (Wildman–Crippen MR) is 140 cm³/mol. The number of hydrogen-bond donors (Lipinski definition) is 2. The van der Waals surface area contributed by atoms with Gasteiger partial charge in [0, 0.05) is 35.5 Å². The molecule has 5 rings (SSSR count). The molecule has 7 heteroatoms. The Kier molecular flexibility index (Phi) is 7.04. The van der Waals surface area contributed by atoms with Gasteiger partial charge >= 0.3 is 0 Å². The van der Waals surface area contributed by atoms with Crippen molar-refractivity contribution in [1.82, 2.24) is 9.31 Å². The molecule has 1 fully saturated rings. The number of hydrogen-bond acceptors (Lipinski definition) is 6. The number of hydrazine groups is 1. The number of nitrogens with zero attached hydrogens (tertiary/aromatic N) is 2. The van der Waals surface area contributed by atoms with Crippen molar-refractivity contribution >= 4 is 29.2 Å². The summed E-state index contributed by atoms with van der Waals surface area (Å²) in [5.41, 5.74) is 7.93. The molecule has 5 nitrogen and oxygen atoms in total. The van der Waals surface area contributed by atoms with Crippen LogP contribution in [0.3, 0.4) is 0 Å². The summed E-state index contributed by atoms with van der Waals surface area (Å²) in [5.74, 6) is 0.715. The van der Waals surface area contributed by atoms with E-state index in [9.17, 15) is 5.11 Å². The van der Waals surface area contributed by atoms with Crippen molar-refractivity contribution < 1.29 is 9.84 Å². The second kappa shape index (κ2) is 10.2. The molecule has 2 aliphatic rings. The van der Waals surface area contributed by atoms with Crippen LogP contribution in [0.5, 0.6) is 5.75 Å². The maximum Gasteiger partial charge on any atom is 0.138 e. The summed E-state index contributed by atoms with van der Waals surface area (Å²) >= 11 is 8.48. The number of benzene rings is 3. The van der Waals surface area contributed by atoms with Crippen molar-refractivity contribution in [3.8, 4) is 16.9 Å². The lowest BCUT2D eigenvalue weighted by atomic mass is 9.83. The van der Waals surface area contributed by atoms with Crippen LogP contribution in [0, 0.1) is 5.41 Å². The van der Waals surface area contributed by atoms with Crippen LogP contribution >= 0.6 is 23.5 Å². The van der Waals surface area contributed by atoms with Gasteiger partial charge in [-0.15, -0.1) is 0 Å². The SMILES string of the molecule is CC1(CO)CN(CCCOc2cccc(-c3cccc(NN4Cc5ccccc5S4)c3)c2Cl)C1. The van der Waals surface area contributed by atoms with E-state index in [1.165, 1.54) is 10.5 Å². The molecule has 0 unspecified atom stereocenters. The number of nitrogens with one attached hydrogen (secondary N) is 1. The number of ether oxygens (including phenoxy) is 1. The average molecular weight is 496 g/mol. The van der Waals surface area contributed by atoms with E-state index in [0.29, 0.717) is 17.4 Å². The smallest absolute Gasteiger partial charge is 0.138 e. The molecule has 0 aromatic heterocycles. The number of aliphatic hydroxyl groups is 1. The summed E-state index contributed by atoms with van der Waals surface area (Å²) < 4.78 is 8.18. The Morgan fingerprint density at radius 1 is 1.09 bits per heavy atom. The molecule has 0 spiro atoms. The van der Waals surface area contributed by atoms with E-state index < -0.39 is 0 Å². The van der Waals surface area contributed by atoms with Gasteiger partial charge in [-0.05, 0) is 53.8 Å². The van der Waals surface area contributed by atoms with Crippen molar-refractivity contribution in [2.24, 2.45) is 5.41 Å². The fourth-order valence-corrected chi connectivity index (χ4v) is 5.87. The summed E-state index contributed by atoms with van der Waals surface area (Å²) in [6.45, 7) is 6.72. The normalized spacial score (nSPS) is 17.3. The summed E-state index contributed by atoms with van der Waals surface area (Å²) in [5, 5.41) is 10.0. The predicted octanol–water partition coefficient (Wildman–Crippen LogP) is 5.94. The lowest BCUT2D eigenvalue weighted by molar-refractivity contribution is -0.0285. The molecule has 3 aromatic rings. The van der Waals surface area contributed by atoms with E-state index in [4.69, 9.17) is 16.3 Å². The molecule has 0 radical (unpaired) electrons. The molecule has 0 atom stereocenters. The Hall–Kier alpha value is -2.22. The number of anilines is 1. The zero-order valence-electron chi connectivity index (χ0n) is 19.3.